The van der Waals surface area contributed by atoms with E-state index in [1.807, 2.05) is 0 Å². The number of carbonyl (C=O) groups excluding carboxylic acids is 2. The van der Waals surface area contributed by atoms with Crippen LogP contribution in [0.25, 0.3) is 0 Å². The summed E-state index contributed by atoms with van der Waals surface area (Å²) in [5.41, 5.74) is 0.340. The van der Waals surface area contributed by atoms with Crippen molar-refractivity contribution in [2.24, 2.45) is 0 Å². The molecule has 2 rings (SSSR count). The summed E-state index contributed by atoms with van der Waals surface area (Å²) in [5.74, 6) is -0.736. The van der Waals surface area contributed by atoms with Crippen LogP contribution in [0.3, 0.4) is 0 Å². The highest BCUT2D eigenvalue weighted by molar-refractivity contribution is 5.90. The van der Waals surface area contributed by atoms with Crippen LogP contribution in [0.5, 0.6) is 0 Å². The van der Waals surface area contributed by atoms with E-state index < -0.39 is 5.97 Å². The second-order valence-corrected chi connectivity index (χ2v) is 3.81. The molecule has 1 aliphatic heterocycles. The maximum Gasteiger partial charge on any atom is 0.340 e. The highest BCUT2D eigenvalue weighted by Crippen LogP contribution is 2.01. The fraction of sp³-hybridized carbons (Fsp3) is 0.417. The van der Waals surface area contributed by atoms with Crippen LogP contribution in [0.2, 0.25) is 0 Å². The fourth-order valence-corrected chi connectivity index (χ4v) is 1.60. The molecule has 0 spiro atoms. The van der Waals surface area contributed by atoms with Crippen LogP contribution in [-0.4, -0.2) is 54.7 Å². The lowest BCUT2D eigenvalue weighted by Gasteiger charge is -2.26. The van der Waals surface area contributed by atoms with Crippen molar-refractivity contribution >= 4 is 11.9 Å². The molecule has 1 fully saturated rings. The van der Waals surface area contributed by atoms with Crippen LogP contribution in [0, 0.1) is 0 Å². The first-order valence-electron chi connectivity index (χ1n) is 5.70. The van der Waals surface area contributed by atoms with Gasteiger partial charge >= 0.3 is 5.97 Å². The van der Waals surface area contributed by atoms with Gasteiger partial charge in [0.2, 0.25) is 0 Å². The summed E-state index contributed by atoms with van der Waals surface area (Å²) in [6.45, 7) is 1.91. The first kappa shape index (κ1) is 12.5. The average molecular weight is 250 g/mol. The van der Waals surface area contributed by atoms with Gasteiger partial charge in [0.25, 0.3) is 5.91 Å². The third-order valence-corrected chi connectivity index (χ3v) is 2.59. The van der Waals surface area contributed by atoms with Crippen molar-refractivity contribution in [2.75, 3.05) is 32.9 Å². The van der Waals surface area contributed by atoms with Gasteiger partial charge in [-0.1, -0.05) is 0 Å². The molecular formula is C12H14N2O4. The van der Waals surface area contributed by atoms with Gasteiger partial charge in [0.1, 0.15) is 0 Å². The van der Waals surface area contributed by atoms with Gasteiger partial charge in [-0.15, -0.1) is 0 Å². The number of amides is 1. The average Bonchev–Trinajstić information content (AvgIpc) is 2.46. The Bertz CT molecular complexity index is 415. The molecule has 1 aromatic heterocycles. The number of hydrogen-bond acceptors (Lipinski definition) is 5. The Hall–Kier alpha value is -1.95. The van der Waals surface area contributed by atoms with Gasteiger partial charge in [-0.2, -0.15) is 0 Å². The third-order valence-electron chi connectivity index (χ3n) is 2.59. The van der Waals surface area contributed by atoms with Crippen molar-refractivity contribution in [3.05, 3.63) is 30.1 Å². The predicted molar refractivity (Wildman–Crippen MR) is 61.9 cm³/mol. The molecule has 0 bridgehead atoms. The summed E-state index contributed by atoms with van der Waals surface area (Å²) in [6.07, 6.45) is 2.97. The zero-order valence-electron chi connectivity index (χ0n) is 9.87. The molecule has 0 aliphatic carbocycles. The van der Waals surface area contributed by atoms with Crippen molar-refractivity contribution < 1.29 is 19.1 Å². The number of esters is 1. The first-order chi connectivity index (χ1) is 8.77. The van der Waals surface area contributed by atoms with Crippen molar-refractivity contribution in [2.45, 2.75) is 0 Å². The van der Waals surface area contributed by atoms with Crippen molar-refractivity contribution in [1.82, 2.24) is 9.88 Å². The second kappa shape index (κ2) is 6.11. The molecule has 1 amide bonds. The van der Waals surface area contributed by atoms with Crippen LogP contribution in [0.15, 0.2) is 24.5 Å². The van der Waals surface area contributed by atoms with Crippen LogP contribution >= 0.6 is 0 Å². The zero-order valence-corrected chi connectivity index (χ0v) is 9.87. The smallest absolute Gasteiger partial charge is 0.340 e. The van der Waals surface area contributed by atoms with Crippen LogP contribution in [-0.2, 0) is 14.3 Å². The normalized spacial score (nSPS) is 15.2. The number of rotatable bonds is 3. The largest absolute Gasteiger partial charge is 0.452 e. The van der Waals surface area contributed by atoms with Gasteiger partial charge in [-0.05, 0) is 12.1 Å². The minimum Gasteiger partial charge on any atom is -0.452 e. The summed E-state index contributed by atoms with van der Waals surface area (Å²) in [4.78, 5) is 28.7. The molecule has 1 saturated heterocycles. The molecule has 1 aromatic rings. The lowest BCUT2D eigenvalue weighted by molar-refractivity contribution is -0.138. The number of pyridine rings is 1. The molecule has 2 heterocycles. The quantitative estimate of drug-likeness (QED) is 0.711. The summed E-state index contributed by atoms with van der Waals surface area (Å²) >= 11 is 0. The summed E-state index contributed by atoms with van der Waals surface area (Å²) in [6, 6.07) is 3.23. The maximum atomic E-state index is 11.7. The maximum absolute atomic E-state index is 11.7. The number of carbonyl (C=O) groups is 2. The number of aromatic nitrogens is 1. The molecule has 0 saturated carbocycles. The Morgan fingerprint density at radius 3 is 2.83 bits per heavy atom. The SMILES string of the molecule is O=C(OCC(=O)N1CCOCC1)c1cccnc1. The highest BCUT2D eigenvalue weighted by atomic mass is 16.5. The van der Waals surface area contributed by atoms with Gasteiger partial charge in [-0.3, -0.25) is 9.78 Å². The van der Waals surface area contributed by atoms with Gasteiger partial charge in [0, 0.05) is 25.5 Å². The fourth-order valence-electron chi connectivity index (χ4n) is 1.60. The Labute approximate surface area is 105 Å². The van der Waals surface area contributed by atoms with E-state index in [0.717, 1.165) is 0 Å². The Morgan fingerprint density at radius 1 is 1.39 bits per heavy atom. The molecule has 0 N–H and O–H groups in total. The summed E-state index contributed by atoms with van der Waals surface area (Å²) in [7, 11) is 0. The van der Waals surface area contributed by atoms with E-state index in [1.54, 1.807) is 23.2 Å². The molecule has 18 heavy (non-hydrogen) atoms. The Morgan fingerprint density at radius 2 is 2.17 bits per heavy atom. The van der Waals surface area contributed by atoms with Crippen molar-refractivity contribution in [1.29, 1.82) is 0 Å². The molecule has 96 valence electrons. The monoisotopic (exact) mass is 250 g/mol. The number of ether oxygens (including phenoxy) is 2. The standard InChI is InChI=1S/C12H14N2O4/c15-11(14-4-6-17-7-5-14)9-18-12(16)10-2-1-3-13-8-10/h1-3,8H,4-7,9H2. The lowest BCUT2D eigenvalue weighted by Crippen LogP contribution is -2.42. The minimum atomic E-state index is -0.537. The van der Waals surface area contributed by atoms with Gasteiger partial charge in [0.05, 0.1) is 18.8 Å². The van der Waals surface area contributed by atoms with E-state index in [9.17, 15) is 9.59 Å². The highest BCUT2D eigenvalue weighted by Gasteiger charge is 2.18. The Kier molecular flexibility index (Phi) is 4.25. The second-order valence-electron chi connectivity index (χ2n) is 3.81. The zero-order chi connectivity index (χ0) is 12.8. The van der Waals surface area contributed by atoms with E-state index in [-0.39, 0.29) is 12.5 Å². The number of hydrogen-bond donors (Lipinski definition) is 0. The van der Waals surface area contributed by atoms with Crippen LogP contribution < -0.4 is 0 Å². The van der Waals surface area contributed by atoms with Crippen molar-refractivity contribution in [3.63, 3.8) is 0 Å². The lowest BCUT2D eigenvalue weighted by atomic mass is 10.3. The van der Waals surface area contributed by atoms with Gasteiger partial charge < -0.3 is 14.4 Å². The number of morpholine rings is 1. The molecule has 6 heteroatoms. The summed E-state index contributed by atoms with van der Waals surface area (Å²) < 4.78 is 10.1. The third kappa shape index (κ3) is 3.27. The molecule has 0 radical (unpaired) electrons. The molecule has 1 aliphatic rings. The Balaban J connectivity index is 1.80. The molecule has 0 unspecified atom stereocenters. The van der Waals surface area contributed by atoms with Gasteiger partial charge in [0.15, 0.2) is 6.61 Å². The molecule has 0 aromatic carbocycles. The first-order valence-corrected chi connectivity index (χ1v) is 5.70. The van der Waals surface area contributed by atoms with E-state index >= 15 is 0 Å². The topological polar surface area (TPSA) is 68.7 Å². The predicted octanol–water partition coefficient (Wildman–Crippen LogP) is 0.0972. The van der Waals surface area contributed by atoms with Crippen molar-refractivity contribution in [3.8, 4) is 0 Å². The van der Waals surface area contributed by atoms with E-state index in [2.05, 4.69) is 4.98 Å². The van der Waals surface area contributed by atoms with Crippen LogP contribution in [0.1, 0.15) is 10.4 Å². The van der Waals surface area contributed by atoms with E-state index in [4.69, 9.17) is 9.47 Å². The van der Waals surface area contributed by atoms with Gasteiger partial charge in [-0.25, -0.2) is 4.79 Å². The number of nitrogens with zero attached hydrogens (tertiary/aromatic N) is 2. The molecule has 6 nitrogen and oxygen atoms in total. The minimum absolute atomic E-state index is 0.199. The molecular weight excluding hydrogens is 236 g/mol. The van der Waals surface area contributed by atoms with E-state index in [0.29, 0.717) is 31.9 Å². The van der Waals surface area contributed by atoms with E-state index in [1.165, 1.54) is 6.20 Å². The van der Waals surface area contributed by atoms with Crippen LogP contribution in [0.4, 0.5) is 0 Å². The summed E-state index contributed by atoms with van der Waals surface area (Å²) in [5, 5.41) is 0. The molecule has 0 atom stereocenters.